The molecular weight excluding hydrogens is 310 g/mol. The first kappa shape index (κ1) is 17.3. The Balaban J connectivity index is 2.11. The largest absolute Gasteiger partial charge is 0.493 e. The van der Waals surface area contributed by atoms with Gasteiger partial charge in [0.25, 0.3) is 5.69 Å². The average Bonchev–Trinajstić information content (AvgIpc) is 2.60. The smallest absolute Gasteiger partial charge is 0.294 e. The average molecular weight is 329 g/mol. The summed E-state index contributed by atoms with van der Waals surface area (Å²) in [5.74, 6) is 1.28. The van der Waals surface area contributed by atoms with Gasteiger partial charge in [-0.05, 0) is 36.2 Å². The second-order valence-corrected chi connectivity index (χ2v) is 4.90. The van der Waals surface area contributed by atoms with Crippen LogP contribution in [0.3, 0.4) is 0 Å². The highest BCUT2D eigenvalue weighted by atomic mass is 16.6. The van der Waals surface area contributed by atoms with E-state index in [2.05, 4.69) is 10.5 Å². The SMILES string of the molecule is CCCOc1ccc(/C=N/Nc2ccccc2[N+](=O)[O-])cc1OC. The molecule has 0 aromatic heterocycles. The van der Waals surface area contributed by atoms with Crippen LogP contribution >= 0.6 is 0 Å². The zero-order valence-electron chi connectivity index (χ0n) is 13.6. The van der Waals surface area contributed by atoms with Crippen molar-refractivity contribution >= 4 is 17.6 Å². The molecule has 0 radical (unpaired) electrons. The molecule has 24 heavy (non-hydrogen) atoms. The minimum absolute atomic E-state index is 0.0319. The highest BCUT2D eigenvalue weighted by molar-refractivity contribution is 5.81. The molecule has 0 aliphatic rings. The predicted molar refractivity (Wildman–Crippen MR) is 93.1 cm³/mol. The first-order valence-corrected chi connectivity index (χ1v) is 7.49. The van der Waals surface area contributed by atoms with Gasteiger partial charge < -0.3 is 9.47 Å². The molecule has 7 heteroatoms. The molecule has 2 aromatic carbocycles. The third-order valence-electron chi connectivity index (χ3n) is 3.15. The lowest BCUT2D eigenvalue weighted by atomic mass is 10.2. The Kier molecular flexibility index (Phi) is 6.13. The molecule has 0 unspecified atom stereocenters. The Morgan fingerprint density at radius 1 is 1.25 bits per heavy atom. The van der Waals surface area contributed by atoms with Crippen LogP contribution < -0.4 is 14.9 Å². The number of nitrogens with one attached hydrogen (secondary N) is 1. The molecule has 0 amide bonds. The number of hydrazone groups is 1. The molecule has 126 valence electrons. The third-order valence-corrected chi connectivity index (χ3v) is 3.15. The van der Waals surface area contributed by atoms with Crippen LogP contribution in [0.25, 0.3) is 0 Å². The minimum Gasteiger partial charge on any atom is -0.493 e. The van der Waals surface area contributed by atoms with Crippen LogP contribution in [0.5, 0.6) is 11.5 Å². The number of rotatable bonds is 8. The number of nitrogens with zero attached hydrogens (tertiary/aromatic N) is 2. The Labute approximate surface area is 140 Å². The van der Waals surface area contributed by atoms with Crippen LogP contribution in [-0.4, -0.2) is 24.9 Å². The number of hydrogen-bond donors (Lipinski definition) is 1. The van der Waals surface area contributed by atoms with Crippen molar-refractivity contribution in [2.24, 2.45) is 5.10 Å². The Hall–Kier alpha value is -3.09. The summed E-state index contributed by atoms with van der Waals surface area (Å²) in [6.45, 7) is 2.64. The van der Waals surface area contributed by atoms with E-state index in [4.69, 9.17) is 9.47 Å². The summed E-state index contributed by atoms with van der Waals surface area (Å²) in [4.78, 5) is 10.5. The summed E-state index contributed by atoms with van der Waals surface area (Å²) < 4.78 is 10.9. The van der Waals surface area contributed by atoms with Crippen LogP contribution in [0.1, 0.15) is 18.9 Å². The first-order valence-electron chi connectivity index (χ1n) is 7.49. The van der Waals surface area contributed by atoms with E-state index in [9.17, 15) is 10.1 Å². The fourth-order valence-electron chi connectivity index (χ4n) is 2.00. The number of benzene rings is 2. The molecule has 0 aliphatic carbocycles. The predicted octanol–water partition coefficient (Wildman–Crippen LogP) is 3.84. The molecule has 2 aromatic rings. The van der Waals surface area contributed by atoms with Crippen LogP contribution in [0.4, 0.5) is 11.4 Å². The normalized spacial score (nSPS) is 10.6. The third kappa shape index (κ3) is 4.45. The Morgan fingerprint density at radius 2 is 2.04 bits per heavy atom. The number of ether oxygens (including phenoxy) is 2. The second-order valence-electron chi connectivity index (χ2n) is 4.90. The van der Waals surface area contributed by atoms with Gasteiger partial charge in [0, 0.05) is 6.07 Å². The van der Waals surface area contributed by atoms with Gasteiger partial charge in [-0.3, -0.25) is 15.5 Å². The van der Waals surface area contributed by atoms with E-state index in [0.717, 1.165) is 12.0 Å². The molecule has 0 heterocycles. The van der Waals surface area contributed by atoms with Crippen molar-refractivity contribution < 1.29 is 14.4 Å². The maximum Gasteiger partial charge on any atom is 0.294 e. The summed E-state index contributed by atoms with van der Waals surface area (Å²) >= 11 is 0. The molecular formula is C17H19N3O4. The lowest BCUT2D eigenvalue weighted by Gasteiger charge is -2.10. The fraction of sp³-hybridized carbons (Fsp3) is 0.235. The molecule has 0 atom stereocenters. The number of nitro benzene ring substituents is 1. The van der Waals surface area contributed by atoms with Crippen LogP contribution in [0.15, 0.2) is 47.6 Å². The highest BCUT2D eigenvalue weighted by Crippen LogP contribution is 2.28. The van der Waals surface area contributed by atoms with Gasteiger partial charge >= 0.3 is 0 Å². The zero-order chi connectivity index (χ0) is 17.4. The van der Waals surface area contributed by atoms with Crippen molar-refractivity contribution in [3.8, 4) is 11.5 Å². The van der Waals surface area contributed by atoms with Gasteiger partial charge in [0.2, 0.25) is 0 Å². The lowest BCUT2D eigenvalue weighted by molar-refractivity contribution is -0.384. The van der Waals surface area contributed by atoms with E-state index >= 15 is 0 Å². The van der Waals surface area contributed by atoms with Crippen molar-refractivity contribution in [1.82, 2.24) is 0 Å². The van der Waals surface area contributed by atoms with Crippen LogP contribution in [0, 0.1) is 10.1 Å². The second kappa shape index (κ2) is 8.52. The molecule has 2 rings (SSSR count). The van der Waals surface area contributed by atoms with Crippen molar-refractivity contribution in [1.29, 1.82) is 0 Å². The summed E-state index contributed by atoms with van der Waals surface area (Å²) in [5.41, 5.74) is 3.76. The molecule has 7 nitrogen and oxygen atoms in total. The topological polar surface area (TPSA) is 86.0 Å². The number of anilines is 1. The maximum absolute atomic E-state index is 10.9. The summed E-state index contributed by atoms with van der Waals surface area (Å²) in [5, 5.41) is 15.0. The number of methoxy groups -OCH3 is 1. The van der Waals surface area contributed by atoms with Crippen molar-refractivity contribution in [2.45, 2.75) is 13.3 Å². The number of hydrogen-bond acceptors (Lipinski definition) is 6. The van der Waals surface area contributed by atoms with E-state index in [1.54, 1.807) is 43.7 Å². The maximum atomic E-state index is 10.9. The van der Waals surface area contributed by atoms with Gasteiger partial charge in [-0.15, -0.1) is 0 Å². The van der Waals surface area contributed by atoms with E-state index in [-0.39, 0.29) is 5.69 Å². The quantitative estimate of drug-likeness (QED) is 0.452. The minimum atomic E-state index is -0.458. The van der Waals surface area contributed by atoms with Crippen molar-refractivity contribution in [3.05, 3.63) is 58.1 Å². The molecule has 0 aliphatic heterocycles. The zero-order valence-corrected chi connectivity index (χ0v) is 13.6. The standard InChI is InChI=1S/C17H19N3O4/c1-3-10-24-16-9-8-13(11-17(16)23-2)12-18-19-14-6-4-5-7-15(14)20(21)22/h4-9,11-12,19H,3,10H2,1-2H3/b18-12+. The van der Waals surface area contributed by atoms with E-state index < -0.39 is 4.92 Å². The monoisotopic (exact) mass is 329 g/mol. The van der Waals surface area contributed by atoms with Gasteiger partial charge in [0.05, 0.1) is 24.9 Å². The van der Waals surface area contributed by atoms with Gasteiger partial charge in [0.1, 0.15) is 5.69 Å². The van der Waals surface area contributed by atoms with Crippen molar-refractivity contribution in [3.63, 3.8) is 0 Å². The van der Waals surface area contributed by atoms with E-state index in [1.807, 2.05) is 13.0 Å². The van der Waals surface area contributed by atoms with E-state index in [1.165, 1.54) is 6.07 Å². The lowest BCUT2D eigenvalue weighted by Crippen LogP contribution is -1.99. The first-order chi connectivity index (χ1) is 11.7. The van der Waals surface area contributed by atoms with E-state index in [0.29, 0.717) is 23.8 Å². The molecule has 0 saturated carbocycles. The molecule has 0 spiro atoms. The summed E-state index contributed by atoms with van der Waals surface area (Å²) in [6, 6.07) is 11.7. The summed E-state index contributed by atoms with van der Waals surface area (Å²) in [6.07, 6.45) is 2.47. The van der Waals surface area contributed by atoms with Gasteiger partial charge in [-0.2, -0.15) is 5.10 Å². The Bertz CT molecular complexity index is 732. The fourth-order valence-corrected chi connectivity index (χ4v) is 2.00. The van der Waals surface area contributed by atoms with Gasteiger partial charge in [-0.25, -0.2) is 0 Å². The molecule has 0 bridgehead atoms. The Morgan fingerprint density at radius 3 is 2.75 bits per heavy atom. The number of nitro groups is 1. The highest BCUT2D eigenvalue weighted by Gasteiger charge is 2.11. The van der Waals surface area contributed by atoms with Gasteiger partial charge in [-0.1, -0.05) is 19.1 Å². The van der Waals surface area contributed by atoms with Crippen molar-refractivity contribution in [2.75, 3.05) is 19.1 Å². The van der Waals surface area contributed by atoms with Crippen LogP contribution in [0.2, 0.25) is 0 Å². The summed E-state index contributed by atoms with van der Waals surface area (Å²) in [7, 11) is 1.57. The number of para-hydroxylation sites is 2. The van der Waals surface area contributed by atoms with Crippen LogP contribution in [-0.2, 0) is 0 Å². The molecule has 0 saturated heterocycles. The molecule has 0 fully saturated rings. The van der Waals surface area contributed by atoms with Gasteiger partial charge in [0.15, 0.2) is 11.5 Å². The molecule has 1 N–H and O–H groups in total.